The number of sulfonamides is 1. The number of anilines is 1. The molecule has 1 saturated heterocycles. The van der Waals surface area contributed by atoms with E-state index >= 15 is 0 Å². The molecule has 0 aromatic heterocycles. The van der Waals surface area contributed by atoms with Crippen LogP contribution in [-0.4, -0.2) is 45.1 Å². The summed E-state index contributed by atoms with van der Waals surface area (Å²) in [6.45, 7) is 3.34. The summed E-state index contributed by atoms with van der Waals surface area (Å²) in [5.41, 5.74) is 2.73. The molecule has 6 nitrogen and oxygen atoms in total. The highest BCUT2D eigenvalue weighted by Crippen LogP contribution is 2.17. The summed E-state index contributed by atoms with van der Waals surface area (Å²) in [5.74, 6) is -0.333. The van der Waals surface area contributed by atoms with E-state index in [0.29, 0.717) is 12.2 Å². The lowest BCUT2D eigenvalue weighted by Crippen LogP contribution is -2.40. The van der Waals surface area contributed by atoms with Crippen molar-refractivity contribution in [3.05, 3.63) is 65.7 Å². The van der Waals surface area contributed by atoms with Gasteiger partial charge in [-0.25, -0.2) is 8.42 Å². The van der Waals surface area contributed by atoms with E-state index in [2.05, 4.69) is 22.3 Å². The van der Waals surface area contributed by atoms with Crippen molar-refractivity contribution in [3.8, 4) is 0 Å². The second kappa shape index (κ2) is 9.89. The minimum Gasteiger partial charge on any atom is -0.350 e. The van der Waals surface area contributed by atoms with Gasteiger partial charge in [-0.3, -0.25) is 14.0 Å². The molecule has 1 heterocycles. The van der Waals surface area contributed by atoms with E-state index in [-0.39, 0.29) is 12.5 Å². The second-order valence-corrected chi connectivity index (χ2v) is 9.45. The molecule has 2 aromatic carbocycles. The number of para-hydroxylation sites is 1. The van der Waals surface area contributed by atoms with Crippen LogP contribution in [0.3, 0.4) is 0 Å². The van der Waals surface area contributed by atoms with Crippen LogP contribution < -0.4 is 9.62 Å². The number of nitrogens with zero attached hydrogens (tertiary/aromatic N) is 2. The summed E-state index contributed by atoms with van der Waals surface area (Å²) in [6, 6.07) is 16.9. The summed E-state index contributed by atoms with van der Waals surface area (Å²) < 4.78 is 25.4. The molecular weight excluding hydrogens is 386 g/mol. The maximum absolute atomic E-state index is 12.4. The van der Waals surface area contributed by atoms with E-state index in [0.717, 1.165) is 35.8 Å². The van der Waals surface area contributed by atoms with E-state index < -0.39 is 10.0 Å². The number of nitrogens with one attached hydrogen (secondary N) is 1. The van der Waals surface area contributed by atoms with Crippen LogP contribution in [-0.2, 0) is 27.9 Å². The number of amides is 1. The molecule has 1 fully saturated rings. The smallest absolute Gasteiger partial charge is 0.241 e. The number of carbonyl (C=O) groups is 1. The van der Waals surface area contributed by atoms with E-state index in [1.807, 2.05) is 12.1 Å². The zero-order valence-corrected chi connectivity index (χ0v) is 17.7. The molecule has 0 bridgehead atoms. The maximum atomic E-state index is 12.4. The lowest BCUT2D eigenvalue weighted by molar-refractivity contribution is -0.119. The predicted octanol–water partition coefficient (Wildman–Crippen LogP) is 2.75. The van der Waals surface area contributed by atoms with Crippen molar-refractivity contribution in [2.75, 3.05) is 30.2 Å². The molecule has 156 valence electrons. The Kier molecular flexibility index (Phi) is 7.28. The van der Waals surface area contributed by atoms with E-state index in [4.69, 9.17) is 0 Å². The van der Waals surface area contributed by atoms with E-state index in [9.17, 15) is 13.2 Å². The molecule has 0 saturated carbocycles. The van der Waals surface area contributed by atoms with Crippen LogP contribution in [0.1, 0.15) is 30.4 Å². The monoisotopic (exact) mass is 415 g/mol. The zero-order chi connectivity index (χ0) is 20.7. The molecule has 0 spiro atoms. The number of rotatable bonds is 8. The van der Waals surface area contributed by atoms with Crippen LogP contribution in [0.4, 0.5) is 5.69 Å². The lowest BCUT2D eigenvalue weighted by Gasteiger charge is -2.26. The topological polar surface area (TPSA) is 69.7 Å². The minimum absolute atomic E-state index is 0.240. The summed E-state index contributed by atoms with van der Waals surface area (Å²) in [7, 11) is -3.55. The van der Waals surface area contributed by atoms with Crippen LogP contribution in [0, 0.1) is 0 Å². The van der Waals surface area contributed by atoms with Crippen molar-refractivity contribution in [2.24, 2.45) is 0 Å². The van der Waals surface area contributed by atoms with Crippen molar-refractivity contribution in [1.82, 2.24) is 10.2 Å². The van der Waals surface area contributed by atoms with Gasteiger partial charge in [0.15, 0.2) is 0 Å². The van der Waals surface area contributed by atoms with Gasteiger partial charge in [0.2, 0.25) is 15.9 Å². The van der Waals surface area contributed by atoms with Crippen LogP contribution in [0.15, 0.2) is 54.6 Å². The minimum atomic E-state index is -3.55. The molecular formula is C22H29N3O3S. The molecule has 2 aromatic rings. The Balaban J connectivity index is 1.57. The first kappa shape index (κ1) is 21.3. The quantitative estimate of drug-likeness (QED) is 0.720. The Morgan fingerprint density at radius 2 is 1.69 bits per heavy atom. The van der Waals surface area contributed by atoms with Gasteiger partial charge in [-0.05, 0) is 49.2 Å². The molecule has 0 aliphatic carbocycles. The Hall–Kier alpha value is -2.38. The summed E-state index contributed by atoms with van der Waals surface area (Å²) in [4.78, 5) is 14.9. The van der Waals surface area contributed by atoms with Crippen LogP contribution in [0.5, 0.6) is 0 Å². The molecule has 3 rings (SSSR count). The molecule has 0 atom stereocenters. The van der Waals surface area contributed by atoms with Gasteiger partial charge < -0.3 is 5.32 Å². The molecule has 1 N–H and O–H groups in total. The standard InChI is InChI=1S/C22H29N3O3S/c1-29(27,28)25(21-11-4-2-5-12-21)18-22(26)23-16-19-9-8-10-20(15-19)17-24-13-6-3-7-14-24/h2,4-5,8-12,15H,3,6-7,13-14,16-18H2,1H3,(H,23,26). The summed E-state index contributed by atoms with van der Waals surface area (Å²) >= 11 is 0. The third-order valence-corrected chi connectivity index (χ3v) is 6.21. The summed E-state index contributed by atoms with van der Waals surface area (Å²) in [6.07, 6.45) is 4.94. The first-order chi connectivity index (χ1) is 13.9. The molecule has 29 heavy (non-hydrogen) atoms. The predicted molar refractivity (Wildman–Crippen MR) is 116 cm³/mol. The largest absolute Gasteiger partial charge is 0.350 e. The van der Waals surface area contributed by atoms with Gasteiger partial charge in [-0.1, -0.05) is 48.9 Å². The number of carbonyl (C=O) groups excluding carboxylic acids is 1. The van der Waals surface area contributed by atoms with E-state index in [1.165, 1.54) is 24.8 Å². The fraction of sp³-hybridized carbons (Fsp3) is 0.409. The van der Waals surface area contributed by atoms with Crippen molar-refractivity contribution < 1.29 is 13.2 Å². The SMILES string of the molecule is CS(=O)(=O)N(CC(=O)NCc1cccc(CN2CCCCC2)c1)c1ccccc1. The fourth-order valence-electron chi connectivity index (χ4n) is 3.59. The highest BCUT2D eigenvalue weighted by atomic mass is 32.2. The van der Waals surface area contributed by atoms with Gasteiger partial charge in [0, 0.05) is 13.1 Å². The Morgan fingerprint density at radius 1 is 1.00 bits per heavy atom. The van der Waals surface area contributed by atoms with Gasteiger partial charge in [0.1, 0.15) is 6.54 Å². The van der Waals surface area contributed by atoms with Gasteiger partial charge in [-0.15, -0.1) is 0 Å². The second-order valence-electron chi connectivity index (χ2n) is 7.54. The van der Waals surface area contributed by atoms with Crippen molar-refractivity contribution in [3.63, 3.8) is 0 Å². The number of likely N-dealkylation sites (tertiary alicyclic amines) is 1. The number of benzene rings is 2. The fourth-order valence-corrected chi connectivity index (χ4v) is 4.45. The Morgan fingerprint density at radius 3 is 2.38 bits per heavy atom. The van der Waals surface area contributed by atoms with Gasteiger partial charge >= 0.3 is 0 Å². The first-order valence-electron chi connectivity index (χ1n) is 10.0. The highest BCUT2D eigenvalue weighted by molar-refractivity contribution is 7.92. The van der Waals surface area contributed by atoms with Gasteiger partial charge in [-0.2, -0.15) is 0 Å². The normalized spacial score (nSPS) is 15.1. The van der Waals surface area contributed by atoms with Gasteiger partial charge in [0.05, 0.1) is 11.9 Å². The van der Waals surface area contributed by atoms with Crippen LogP contribution >= 0.6 is 0 Å². The average molecular weight is 416 g/mol. The Labute approximate surface area is 173 Å². The third-order valence-electron chi connectivity index (χ3n) is 5.07. The van der Waals surface area contributed by atoms with Crippen molar-refractivity contribution >= 4 is 21.6 Å². The summed E-state index contributed by atoms with van der Waals surface area (Å²) in [5, 5.41) is 2.84. The maximum Gasteiger partial charge on any atom is 0.241 e. The van der Waals surface area contributed by atoms with Crippen molar-refractivity contribution in [1.29, 1.82) is 0 Å². The average Bonchev–Trinajstić information content (AvgIpc) is 2.71. The van der Waals surface area contributed by atoms with Crippen LogP contribution in [0.2, 0.25) is 0 Å². The molecule has 7 heteroatoms. The zero-order valence-electron chi connectivity index (χ0n) is 16.9. The van der Waals surface area contributed by atoms with Gasteiger partial charge in [0.25, 0.3) is 0 Å². The Bertz CT molecular complexity index is 910. The third kappa shape index (κ3) is 6.58. The molecule has 0 unspecified atom stereocenters. The first-order valence-corrected chi connectivity index (χ1v) is 11.9. The highest BCUT2D eigenvalue weighted by Gasteiger charge is 2.20. The van der Waals surface area contributed by atoms with Crippen molar-refractivity contribution in [2.45, 2.75) is 32.4 Å². The molecule has 1 aliphatic heterocycles. The number of hydrogen-bond donors (Lipinski definition) is 1. The van der Waals surface area contributed by atoms with Crippen LogP contribution in [0.25, 0.3) is 0 Å². The number of hydrogen-bond acceptors (Lipinski definition) is 4. The lowest BCUT2D eigenvalue weighted by atomic mass is 10.1. The number of piperidine rings is 1. The van der Waals surface area contributed by atoms with E-state index in [1.54, 1.807) is 30.3 Å². The molecule has 1 amide bonds. The molecule has 0 radical (unpaired) electrons. The molecule has 1 aliphatic rings.